The molecule has 17 heavy (non-hydrogen) atoms. The van der Waals surface area contributed by atoms with Gasteiger partial charge >= 0.3 is 0 Å². The summed E-state index contributed by atoms with van der Waals surface area (Å²) in [5.74, 6) is 5.97. The van der Waals surface area contributed by atoms with Crippen molar-refractivity contribution in [1.82, 2.24) is 10.4 Å². The molecule has 2 rings (SSSR count). The van der Waals surface area contributed by atoms with E-state index in [2.05, 4.69) is 10.4 Å². The standard InChI is InChI=1S/C12H14FN3O/c1-2-11-10(3-4-17-11)12(16-14)8-5-9(13)7-15-6-8/h3-7,12,16H,2,14H2,1H3. The minimum atomic E-state index is -0.385. The fourth-order valence-electron chi connectivity index (χ4n) is 1.85. The lowest BCUT2D eigenvalue weighted by Crippen LogP contribution is -2.29. The molecule has 2 aromatic heterocycles. The number of rotatable bonds is 4. The lowest BCUT2D eigenvalue weighted by atomic mass is 10.0. The van der Waals surface area contributed by atoms with Crippen LogP contribution in [0.25, 0.3) is 0 Å². The van der Waals surface area contributed by atoms with Crippen molar-refractivity contribution in [1.29, 1.82) is 0 Å². The number of nitrogens with two attached hydrogens (primary N) is 1. The fourth-order valence-corrected chi connectivity index (χ4v) is 1.85. The van der Waals surface area contributed by atoms with Gasteiger partial charge in [0.25, 0.3) is 0 Å². The lowest BCUT2D eigenvalue weighted by Gasteiger charge is -2.15. The van der Waals surface area contributed by atoms with E-state index in [9.17, 15) is 4.39 Å². The molecular formula is C12H14FN3O. The van der Waals surface area contributed by atoms with Gasteiger partial charge in [-0.05, 0) is 17.7 Å². The first kappa shape index (κ1) is 11.8. The predicted molar refractivity (Wildman–Crippen MR) is 61.4 cm³/mol. The molecule has 0 bridgehead atoms. The lowest BCUT2D eigenvalue weighted by molar-refractivity contribution is 0.501. The largest absolute Gasteiger partial charge is 0.469 e. The smallest absolute Gasteiger partial charge is 0.141 e. The number of pyridine rings is 1. The maximum absolute atomic E-state index is 13.1. The maximum Gasteiger partial charge on any atom is 0.141 e. The van der Waals surface area contributed by atoms with E-state index in [1.165, 1.54) is 6.07 Å². The number of halogens is 1. The Bertz CT molecular complexity index is 498. The Kier molecular flexibility index (Phi) is 3.51. The first-order valence-corrected chi connectivity index (χ1v) is 5.39. The van der Waals surface area contributed by atoms with Crippen LogP contribution in [0.3, 0.4) is 0 Å². The zero-order valence-corrected chi connectivity index (χ0v) is 9.48. The van der Waals surface area contributed by atoms with E-state index in [1.54, 1.807) is 12.5 Å². The molecule has 0 saturated heterocycles. The fraction of sp³-hybridized carbons (Fsp3) is 0.250. The van der Waals surface area contributed by atoms with Crippen LogP contribution >= 0.6 is 0 Å². The summed E-state index contributed by atoms with van der Waals surface area (Å²) >= 11 is 0. The van der Waals surface area contributed by atoms with Crippen molar-refractivity contribution in [3.8, 4) is 0 Å². The molecule has 1 atom stereocenters. The molecule has 0 aliphatic rings. The van der Waals surface area contributed by atoms with E-state index in [0.717, 1.165) is 23.9 Å². The van der Waals surface area contributed by atoms with Crippen molar-refractivity contribution in [2.24, 2.45) is 5.84 Å². The molecule has 2 heterocycles. The summed E-state index contributed by atoms with van der Waals surface area (Å²) in [6.07, 6.45) is 5.10. The summed E-state index contributed by atoms with van der Waals surface area (Å²) in [6, 6.07) is 2.92. The van der Waals surface area contributed by atoms with Gasteiger partial charge in [0.1, 0.15) is 11.6 Å². The van der Waals surface area contributed by atoms with E-state index in [4.69, 9.17) is 10.3 Å². The SMILES string of the molecule is CCc1occc1C(NN)c1cncc(F)c1. The van der Waals surface area contributed by atoms with Crippen LogP contribution in [0.5, 0.6) is 0 Å². The Morgan fingerprint density at radius 3 is 3.00 bits per heavy atom. The van der Waals surface area contributed by atoms with Gasteiger partial charge in [-0.15, -0.1) is 0 Å². The van der Waals surface area contributed by atoms with E-state index < -0.39 is 0 Å². The normalized spacial score (nSPS) is 12.6. The van der Waals surface area contributed by atoms with Gasteiger partial charge in [-0.3, -0.25) is 10.8 Å². The number of hydrogen-bond acceptors (Lipinski definition) is 4. The van der Waals surface area contributed by atoms with Gasteiger partial charge in [0.15, 0.2) is 0 Å². The molecule has 0 saturated carbocycles. The Morgan fingerprint density at radius 1 is 1.53 bits per heavy atom. The van der Waals surface area contributed by atoms with Crippen molar-refractivity contribution < 1.29 is 8.81 Å². The Hall–Kier alpha value is -1.72. The maximum atomic E-state index is 13.1. The molecule has 0 aliphatic heterocycles. The highest BCUT2D eigenvalue weighted by molar-refractivity contribution is 5.31. The topological polar surface area (TPSA) is 64.1 Å². The second-order valence-electron chi connectivity index (χ2n) is 3.69. The number of furan rings is 1. The van der Waals surface area contributed by atoms with E-state index >= 15 is 0 Å². The van der Waals surface area contributed by atoms with Crippen molar-refractivity contribution >= 4 is 0 Å². The van der Waals surface area contributed by atoms with E-state index in [-0.39, 0.29) is 11.9 Å². The quantitative estimate of drug-likeness (QED) is 0.627. The summed E-state index contributed by atoms with van der Waals surface area (Å²) in [5.41, 5.74) is 4.23. The third-order valence-corrected chi connectivity index (χ3v) is 2.64. The number of nitrogens with one attached hydrogen (secondary N) is 1. The molecule has 0 fully saturated rings. The van der Waals surface area contributed by atoms with Crippen molar-refractivity contribution in [3.05, 3.63) is 53.5 Å². The highest BCUT2D eigenvalue weighted by Crippen LogP contribution is 2.25. The van der Waals surface area contributed by atoms with Gasteiger partial charge in [0, 0.05) is 18.2 Å². The molecular weight excluding hydrogens is 221 g/mol. The summed E-state index contributed by atoms with van der Waals surface area (Å²) in [7, 11) is 0. The van der Waals surface area contributed by atoms with E-state index in [0.29, 0.717) is 5.56 Å². The molecule has 0 spiro atoms. The number of aromatic nitrogens is 1. The van der Waals surface area contributed by atoms with Crippen molar-refractivity contribution in [3.63, 3.8) is 0 Å². The van der Waals surface area contributed by atoms with Crippen molar-refractivity contribution in [2.45, 2.75) is 19.4 Å². The minimum absolute atomic E-state index is 0.313. The molecule has 0 aliphatic carbocycles. The Morgan fingerprint density at radius 2 is 2.35 bits per heavy atom. The van der Waals surface area contributed by atoms with Gasteiger partial charge in [-0.2, -0.15) is 0 Å². The average molecular weight is 235 g/mol. The van der Waals surface area contributed by atoms with Gasteiger partial charge in [-0.25, -0.2) is 9.82 Å². The molecule has 4 nitrogen and oxygen atoms in total. The van der Waals surface area contributed by atoms with Gasteiger partial charge in [-0.1, -0.05) is 6.92 Å². The number of aryl methyl sites for hydroxylation is 1. The number of hydrazine groups is 1. The number of hydrogen-bond donors (Lipinski definition) is 2. The van der Waals surface area contributed by atoms with Gasteiger partial charge in [0.2, 0.25) is 0 Å². The minimum Gasteiger partial charge on any atom is -0.469 e. The molecule has 2 aromatic rings. The molecule has 0 radical (unpaired) electrons. The van der Waals surface area contributed by atoms with Crippen LogP contribution in [0, 0.1) is 5.82 Å². The van der Waals surface area contributed by atoms with Crippen LogP contribution in [0.15, 0.2) is 35.2 Å². The Labute approximate surface area is 98.6 Å². The van der Waals surface area contributed by atoms with E-state index in [1.807, 2.05) is 13.0 Å². The first-order valence-electron chi connectivity index (χ1n) is 5.39. The monoisotopic (exact) mass is 235 g/mol. The molecule has 3 N–H and O–H groups in total. The van der Waals surface area contributed by atoms with Crippen LogP contribution in [-0.4, -0.2) is 4.98 Å². The summed E-state index contributed by atoms with van der Waals surface area (Å²) in [4.78, 5) is 3.82. The molecule has 5 heteroatoms. The summed E-state index contributed by atoms with van der Waals surface area (Å²) < 4.78 is 18.5. The first-order chi connectivity index (χ1) is 8.26. The van der Waals surface area contributed by atoms with Crippen LogP contribution in [0.4, 0.5) is 4.39 Å². The Balaban J connectivity index is 2.40. The summed E-state index contributed by atoms with van der Waals surface area (Å²) in [6.45, 7) is 1.99. The highest BCUT2D eigenvalue weighted by Gasteiger charge is 2.18. The van der Waals surface area contributed by atoms with Crippen LogP contribution < -0.4 is 11.3 Å². The van der Waals surface area contributed by atoms with Crippen LogP contribution in [-0.2, 0) is 6.42 Å². The van der Waals surface area contributed by atoms with Crippen LogP contribution in [0.2, 0.25) is 0 Å². The third kappa shape index (κ3) is 2.35. The number of nitrogens with zero attached hydrogens (tertiary/aromatic N) is 1. The third-order valence-electron chi connectivity index (χ3n) is 2.64. The zero-order valence-electron chi connectivity index (χ0n) is 9.48. The molecule has 1 unspecified atom stereocenters. The van der Waals surface area contributed by atoms with Gasteiger partial charge < -0.3 is 4.42 Å². The van der Waals surface area contributed by atoms with Gasteiger partial charge in [0.05, 0.1) is 18.5 Å². The predicted octanol–water partition coefficient (Wildman–Crippen LogP) is 1.93. The molecule has 90 valence electrons. The average Bonchev–Trinajstić information content (AvgIpc) is 2.78. The second kappa shape index (κ2) is 5.07. The molecule has 0 amide bonds. The van der Waals surface area contributed by atoms with Crippen LogP contribution in [0.1, 0.15) is 29.9 Å². The van der Waals surface area contributed by atoms with Crippen molar-refractivity contribution in [2.75, 3.05) is 0 Å². The summed E-state index contributed by atoms with van der Waals surface area (Å²) in [5, 5.41) is 0. The zero-order chi connectivity index (χ0) is 12.3. The molecule has 0 aromatic carbocycles. The second-order valence-corrected chi connectivity index (χ2v) is 3.69. The highest BCUT2D eigenvalue weighted by atomic mass is 19.1.